The van der Waals surface area contributed by atoms with Crippen molar-refractivity contribution < 1.29 is 19.4 Å². The number of rotatable bonds is 8. The molecule has 106 valence electrons. The van der Waals surface area contributed by atoms with Gasteiger partial charge in [0.05, 0.1) is 0 Å². The van der Waals surface area contributed by atoms with Gasteiger partial charge in [-0.3, -0.25) is 9.48 Å². The molecular formula is C12H19N3O4. The van der Waals surface area contributed by atoms with Gasteiger partial charge >= 0.3 is 5.97 Å². The van der Waals surface area contributed by atoms with Crippen molar-refractivity contribution in [3.05, 3.63) is 18.0 Å². The first kappa shape index (κ1) is 15.2. The van der Waals surface area contributed by atoms with Crippen molar-refractivity contribution in [1.82, 2.24) is 15.1 Å². The first-order valence-electron chi connectivity index (χ1n) is 6.20. The van der Waals surface area contributed by atoms with Crippen molar-refractivity contribution >= 4 is 11.9 Å². The minimum atomic E-state index is -1.11. The van der Waals surface area contributed by atoms with Crippen molar-refractivity contribution in [2.75, 3.05) is 19.8 Å². The molecule has 0 aliphatic heterocycles. The summed E-state index contributed by atoms with van der Waals surface area (Å²) in [6, 6.07) is 0.821. The van der Waals surface area contributed by atoms with Crippen LogP contribution in [0.2, 0.25) is 0 Å². The predicted octanol–water partition coefficient (Wildman–Crippen LogP) is 0.685. The molecule has 0 fully saturated rings. The van der Waals surface area contributed by atoms with E-state index in [2.05, 4.69) is 10.4 Å². The third-order valence-corrected chi connectivity index (χ3v) is 2.57. The van der Waals surface area contributed by atoms with Gasteiger partial charge in [-0.2, -0.15) is 5.10 Å². The average molecular weight is 269 g/mol. The number of carbonyl (C=O) groups excluding carboxylic acids is 1. The second-order valence-electron chi connectivity index (χ2n) is 4.00. The first-order valence-corrected chi connectivity index (χ1v) is 6.20. The SMILES string of the molecule is CCOCCCNC(=O)C(C)n1ccc(C(=O)O)n1. The summed E-state index contributed by atoms with van der Waals surface area (Å²) in [4.78, 5) is 22.5. The van der Waals surface area contributed by atoms with Crippen LogP contribution < -0.4 is 5.32 Å². The van der Waals surface area contributed by atoms with E-state index in [1.807, 2.05) is 6.92 Å². The van der Waals surface area contributed by atoms with E-state index in [0.29, 0.717) is 19.8 Å². The molecule has 0 spiro atoms. The Kier molecular flexibility index (Phi) is 6.01. The van der Waals surface area contributed by atoms with Crippen LogP contribution in [-0.4, -0.2) is 46.5 Å². The fourth-order valence-corrected chi connectivity index (χ4v) is 1.47. The molecule has 1 unspecified atom stereocenters. The number of carbonyl (C=O) groups is 2. The lowest BCUT2D eigenvalue weighted by molar-refractivity contribution is -0.124. The minimum Gasteiger partial charge on any atom is -0.476 e. The van der Waals surface area contributed by atoms with Gasteiger partial charge in [0.1, 0.15) is 6.04 Å². The van der Waals surface area contributed by atoms with Crippen LogP contribution in [-0.2, 0) is 9.53 Å². The van der Waals surface area contributed by atoms with Gasteiger partial charge in [-0.15, -0.1) is 0 Å². The molecule has 1 heterocycles. The summed E-state index contributed by atoms with van der Waals surface area (Å²) in [5.74, 6) is -1.31. The molecule has 1 atom stereocenters. The van der Waals surface area contributed by atoms with E-state index in [4.69, 9.17) is 9.84 Å². The molecule has 1 rings (SSSR count). The fraction of sp³-hybridized carbons (Fsp3) is 0.583. The molecule has 0 radical (unpaired) electrons. The second-order valence-corrected chi connectivity index (χ2v) is 4.00. The van der Waals surface area contributed by atoms with Gasteiger partial charge in [-0.1, -0.05) is 0 Å². The first-order chi connectivity index (χ1) is 9.06. The smallest absolute Gasteiger partial charge is 0.356 e. The van der Waals surface area contributed by atoms with Gasteiger partial charge in [-0.05, 0) is 26.3 Å². The number of ether oxygens (including phenoxy) is 1. The molecule has 1 amide bonds. The molecule has 7 nitrogen and oxygen atoms in total. The summed E-state index contributed by atoms with van der Waals surface area (Å²) in [6.45, 7) is 5.37. The summed E-state index contributed by atoms with van der Waals surface area (Å²) in [6.07, 6.45) is 2.22. The highest BCUT2D eigenvalue weighted by molar-refractivity contribution is 5.85. The van der Waals surface area contributed by atoms with Crippen LogP contribution in [0.15, 0.2) is 12.3 Å². The highest BCUT2D eigenvalue weighted by Crippen LogP contribution is 2.06. The molecule has 0 saturated carbocycles. The Morgan fingerprint density at radius 3 is 2.89 bits per heavy atom. The van der Waals surface area contributed by atoms with E-state index in [1.54, 1.807) is 6.92 Å². The minimum absolute atomic E-state index is 0.0732. The van der Waals surface area contributed by atoms with Crippen molar-refractivity contribution in [1.29, 1.82) is 0 Å². The number of carboxylic acid groups (broad SMARTS) is 1. The van der Waals surface area contributed by atoms with Crippen LogP contribution in [0.25, 0.3) is 0 Å². The molecule has 0 aliphatic rings. The molecule has 0 saturated heterocycles. The van der Waals surface area contributed by atoms with Crippen LogP contribution in [0.3, 0.4) is 0 Å². The highest BCUT2D eigenvalue weighted by atomic mass is 16.5. The third kappa shape index (κ3) is 4.70. The Balaban J connectivity index is 2.40. The lowest BCUT2D eigenvalue weighted by Crippen LogP contribution is -2.32. The second kappa shape index (κ2) is 7.52. The standard InChI is InChI=1S/C12H19N3O4/c1-3-19-8-4-6-13-11(16)9(2)15-7-5-10(14-15)12(17)18/h5,7,9H,3-4,6,8H2,1-2H3,(H,13,16)(H,17,18). The number of amides is 1. The quantitative estimate of drug-likeness (QED) is 0.677. The van der Waals surface area contributed by atoms with Crippen molar-refractivity contribution in [3.63, 3.8) is 0 Å². The van der Waals surface area contributed by atoms with Crippen molar-refractivity contribution in [2.45, 2.75) is 26.3 Å². The molecule has 0 bridgehead atoms. The average Bonchev–Trinajstić information content (AvgIpc) is 2.87. The third-order valence-electron chi connectivity index (χ3n) is 2.57. The number of aromatic nitrogens is 2. The predicted molar refractivity (Wildman–Crippen MR) is 68.0 cm³/mol. The summed E-state index contributed by atoms with van der Waals surface area (Å²) in [5, 5.41) is 15.3. The largest absolute Gasteiger partial charge is 0.476 e. The monoisotopic (exact) mass is 269 g/mol. The summed E-state index contributed by atoms with van der Waals surface area (Å²) >= 11 is 0. The zero-order chi connectivity index (χ0) is 14.3. The van der Waals surface area contributed by atoms with E-state index in [1.165, 1.54) is 16.9 Å². The Bertz CT molecular complexity index is 430. The Labute approximate surface area is 111 Å². The number of nitrogens with one attached hydrogen (secondary N) is 1. The number of carboxylic acids is 1. The van der Waals surface area contributed by atoms with E-state index in [9.17, 15) is 9.59 Å². The van der Waals surface area contributed by atoms with Crippen LogP contribution in [0, 0.1) is 0 Å². The molecule has 1 aromatic heterocycles. The number of nitrogens with zero attached hydrogens (tertiary/aromatic N) is 2. The fourth-order valence-electron chi connectivity index (χ4n) is 1.47. The molecule has 1 aromatic rings. The summed E-state index contributed by atoms with van der Waals surface area (Å²) < 4.78 is 6.49. The van der Waals surface area contributed by atoms with Crippen molar-refractivity contribution in [2.24, 2.45) is 0 Å². The molecule has 7 heteroatoms. The maximum absolute atomic E-state index is 11.8. The van der Waals surface area contributed by atoms with Crippen molar-refractivity contribution in [3.8, 4) is 0 Å². The molecule has 0 aromatic carbocycles. The highest BCUT2D eigenvalue weighted by Gasteiger charge is 2.17. The number of hydrogen-bond acceptors (Lipinski definition) is 4. The van der Waals surface area contributed by atoms with Gasteiger partial charge in [0.15, 0.2) is 5.69 Å². The molecule has 2 N–H and O–H groups in total. The van der Waals surface area contributed by atoms with Gasteiger partial charge in [0, 0.05) is 26.0 Å². The van der Waals surface area contributed by atoms with E-state index >= 15 is 0 Å². The van der Waals surface area contributed by atoms with E-state index in [0.717, 1.165) is 6.42 Å². The number of aromatic carboxylic acids is 1. The lowest BCUT2D eigenvalue weighted by Gasteiger charge is -2.12. The van der Waals surface area contributed by atoms with Crippen LogP contribution in [0.4, 0.5) is 0 Å². The van der Waals surface area contributed by atoms with E-state index < -0.39 is 12.0 Å². The van der Waals surface area contributed by atoms with E-state index in [-0.39, 0.29) is 11.6 Å². The molecule has 0 aliphatic carbocycles. The van der Waals surface area contributed by atoms with Crippen LogP contribution >= 0.6 is 0 Å². The summed E-state index contributed by atoms with van der Waals surface area (Å²) in [7, 11) is 0. The normalized spacial score (nSPS) is 12.1. The lowest BCUT2D eigenvalue weighted by atomic mass is 10.3. The Morgan fingerprint density at radius 2 is 2.32 bits per heavy atom. The maximum atomic E-state index is 11.8. The maximum Gasteiger partial charge on any atom is 0.356 e. The van der Waals surface area contributed by atoms with Gasteiger partial charge < -0.3 is 15.2 Å². The van der Waals surface area contributed by atoms with Crippen LogP contribution in [0.1, 0.15) is 36.8 Å². The summed E-state index contributed by atoms with van der Waals surface area (Å²) in [5.41, 5.74) is -0.0732. The van der Waals surface area contributed by atoms with Crippen LogP contribution in [0.5, 0.6) is 0 Å². The zero-order valence-electron chi connectivity index (χ0n) is 11.1. The Hall–Kier alpha value is -1.89. The van der Waals surface area contributed by atoms with Gasteiger partial charge in [0.2, 0.25) is 5.91 Å². The molecule has 19 heavy (non-hydrogen) atoms. The zero-order valence-corrected chi connectivity index (χ0v) is 11.1. The molecular weight excluding hydrogens is 250 g/mol. The van der Waals surface area contributed by atoms with Gasteiger partial charge in [-0.25, -0.2) is 4.79 Å². The number of hydrogen-bond donors (Lipinski definition) is 2. The topological polar surface area (TPSA) is 93.5 Å². The Morgan fingerprint density at radius 1 is 1.58 bits per heavy atom. The van der Waals surface area contributed by atoms with Gasteiger partial charge in [0.25, 0.3) is 0 Å².